The molecule has 0 amide bonds. The zero-order valence-electron chi connectivity index (χ0n) is 15.6. The highest BCUT2D eigenvalue weighted by atomic mass is 16.4. The Bertz CT molecular complexity index is 1040. The van der Waals surface area contributed by atoms with Gasteiger partial charge in [-0.3, -0.25) is 9.20 Å². The lowest BCUT2D eigenvalue weighted by Gasteiger charge is -2.27. The van der Waals surface area contributed by atoms with Crippen molar-refractivity contribution in [3.8, 4) is 0 Å². The van der Waals surface area contributed by atoms with E-state index in [9.17, 15) is 14.7 Å². The third kappa shape index (κ3) is 2.77. The van der Waals surface area contributed by atoms with Crippen LogP contribution in [0.3, 0.4) is 0 Å². The maximum Gasteiger partial charge on any atom is 0.336 e. The predicted octanol–water partition coefficient (Wildman–Crippen LogP) is 3.44. The molecule has 0 aliphatic rings. The molecule has 0 spiro atoms. The molecule has 2 aromatic heterocycles. The van der Waals surface area contributed by atoms with Crippen LogP contribution in [-0.4, -0.2) is 30.7 Å². The number of carboxylic acid groups (broad SMARTS) is 1. The summed E-state index contributed by atoms with van der Waals surface area (Å²) in [7, 11) is 0. The number of aromatic carboxylic acids is 1. The van der Waals surface area contributed by atoms with Crippen LogP contribution in [0.1, 0.15) is 68.2 Å². The number of H-pyrrole nitrogens is 1. The van der Waals surface area contributed by atoms with Crippen LogP contribution in [0.5, 0.6) is 0 Å². The molecule has 0 saturated carbocycles. The minimum atomic E-state index is -1.02. The van der Waals surface area contributed by atoms with Gasteiger partial charge in [-0.25, -0.2) is 4.79 Å². The van der Waals surface area contributed by atoms with Crippen LogP contribution in [-0.2, 0) is 5.41 Å². The first-order valence-corrected chi connectivity index (χ1v) is 8.98. The second-order valence-corrected chi connectivity index (χ2v) is 7.19. The van der Waals surface area contributed by atoms with Crippen LogP contribution in [0.2, 0.25) is 0 Å². The number of aromatic amines is 1. The van der Waals surface area contributed by atoms with E-state index in [4.69, 9.17) is 0 Å². The second kappa shape index (κ2) is 6.55. The lowest BCUT2D eigenvalue weighted by molar-refractivity contribution is 0.0696. The van der Waals surface area contributed by atoms with Gasteiger partial charge in [-0.15, -0.1) is 10.2 Å². The first-order chi connectivity index (χ1) is 12.3. The van der Waals surface area contributed by atoms with Crippen molar-refractivity contribution in [2.24, 2.45) is 0 Å². The fourth-order valence-electron chi connectivity index (χ4n) is 3.89. The number of nitrogens with zero attached hydrogens (tertiary/aromatic N) is 3. The number of aryl methyl sites for hydroxylation is 1. The van der Waals surface area contributed by atoms with Gasteiger partial charge in [-0.1, -0.05) is 33.6 Å². The molecule has 3 aromatic rings. The summed E-state index contributed by atoms with van der Waals surface area (Å²) in [6, 6.07) is 3.29. The Morgan fingerprint density at radius 1 is 1.23 bits per heavy atom. The molecule has 0 fully saturated rings. The Hall–Kier alpha value is -2.70. The number of carbonyl (C=O) groups is 1. The maximum atomic E-state index is 12.5. The molecule has 7 heteroatoms. The molecule has 0 aliphatic carbocycles. The summed E-state index contributed by atoms with van der Waals surface area (Å²) in [5, 5.41) is 17.9. The third-order valence-corrected chi connectivity index (χ3v) is 5.07. The molecule has 3 rings (SSSR count). The van der Waals surface area contributed by atoms with Crippen LogP contribution in [0.15, 0.2) is 16.9 Å². The number of hydrogen-bond donors (Lipinski definition) is 2. The zero-order valence-corrected chi connectivity index (χ0v) is 15.6. The summed E-state index contributed by atoms with van der Waals surface area (Å²) in [6.45, 7) is 8.17. The molecule has 0 aliphatic heterocycles. The van der Waals surface area contributed by atoms with Crippen LogP contribution < -0.4 is 5.56 Å². The summed E-state index contributed by atoms with van der Waals surface area (Å²) in [5.74, 6) is -0.258. The average molecular weight is 356 g/mol. The summed E-state index contributed by atoms with van der Waals surface area (Å²) in [5.41, 5.74) is 1.67. The molecule has 26 heavy (non-hydrogen) atoms. The fraction of sp³-hybridized carbons (Fsp3) is 0.474. The highest BCUT2D eigenvalue weighted by molar-refractivity contribution is 5.94. The molecule has 0 bridgehead atoms. The molecular weight excluding hydrogens is 332 g/mol. The van der Waals surface area contributed by atoms with Crippen molar-refractivity contribution in [3.63, 3.8) is 0 Å². The van der Waals surface area contributed by atoms with E-state index in [0.717, 1.165) is 37.0 Å². The van der Waals surface area contributed by atoms with E-state index in [1.807, 2.05) is 0 Å². The number of rotatable bonds is 6. The first kappa shape index (κ1) is 18.1. The average Bonchev–Trinajstić information content (AvgIpc) is 3.02. The normalized spacial score (nSPS) is 12.2. The summed E-state index contributed by atoms with van der Waals surface area (Å²) in [4.78, 5) is 26.7. The van der Waals surface area contributed by atoms with E-state index in [1.165, 1.54) is 6.07 Å². The molecule has 0 unspecified atom stereocenters. The van der Waals surface area contributed by atoms with Gasteiger partial charge in [0, 0.05) is 5.41 Å². The number of benzene rings is 1. The summed E-state index contributed by atoms with van der Waals surface area (Å²) >= 11 is 0. The van der Waals surface area contributed by atoms with E-state index in [2.05, 4.69) is 36.0 Å². The largest absolute Gasteiger partial charge is 0.478 e. The Kier molecular flexibility index (Phi) is 4.56. The minimum absolute atomic E-state index is 0.173. The number of hydrogen-bond acceptors (Lipinski definition) is 4. The van der Waals surface area contributed by atoms with Gasteiger partial charge in [0.05, 0.1) is 16.6 Å². The van der Waals surface area contributed by atoms with Gasteiger partial charge < -0.3 is 10.1 Å². The second-order valence-electron chi connectivity index (χ2n) is 7.19. The van der Waals surface area contributed by atoms with Crippen LogP contribution in [0.25, 0.3) is 16.7 Å². The van der Waals surface area contributed by atoms with Gasteiger partial charge in [0.1, 0.15) is 5.82 Å². The molecule has 0 saturated heterocycles. The molecule has 0 atom stereocenters. The minimum Gasteiger partial charge on any atom is -0.478 e. The Labute approximate surface area is 151 Å². The van der Waals surface area contributed by atoms with Crippen molar-refractivity contribution in [1.29, 1.82) is 0 Å². The molecular formula is C19H24N4O3. The van der Waals surface area contributed by atoms with Crippen molar-refractivity contribution >= 4 is 22.6 Å². The lowest BCUT2D eigenvalue weighted by Crippen LogP contribution is -2.26. The van der Waals surface area contributed by atoms with Gasteiger partial charge in [-0.2, -0.15) is 0 Å². The fourth-order valence-corrected chi connectivity index (χ4v) is 3.89. The summed E-state index contributed by atoms with van der Waals surface area (Å²) in [6.07, 6.45) is 3.85. The van der Waals surface area contributed by atoms with E-state index >= 15 is 0 Å². The van der Waals surface area contributed by atoms with Gasteiger partial charge in [0.2, 0.25) is 5.65 Å². The maximum absolute atomic E-state index is 12.5. The van der Waals surface area contributed by atoms with Crippen LogP contribution >= 0.6 is 0 Å². The van der Waals surface area contributed by atoms with Crippen LogP contribution in [0.4, 0.5) is 0 Å². The smallest absolute Gasteiger partial charge is 0.336 e. The third-order valence-electron chi connectivity index (χ3n) is 5.07. The molecule has 2 N–H and O–H groups in total. The van der Waals surface area contributed by atoms with Crippen molar-refractivity contribution in [1.82, 2.24) is 19.6 Å². The number of carboxylic acids is 1. The zero-order chi connectivity index (χ0) is 19.1. The summed E-state index contributed by atoms with van der Waals surface area (Å²) < 4.78 is 1.80. The molecule has 7 nitrogen and oxygen atoms in total. The quantitative estimate of drug-likeness (QED) is 0.705. The van der Waals surface area contributed by atoms with E-state index in [1.54, 1.807) is 17.4 Å². The van der Waals surface area contributed by atoms with E-state index in [0.29, 0.717) is 11.1 Å². The lowest BCUT2D eigenvalue weighted by atomic mass is 9.80. The van der Waals surface area contributed by atoms with Crippen LogP contribution in [0, 0.1) is 6.92 Å². The highest BCUT2D eigenvalue weighted by Gasteiger charge is 2.31. The van der Waals surface area contributed by atoms with Crippen molar-refractivity contribution in [2.75, 3.05) is 0 Å². The number of aromatic nitrogens is 4. The Morgan fingerprint density at radius 2 is 1.88 bits per heavy atom. The molecule has 138 valence electrons. The van der Waals surface area contributed by atoms with E-state index < -0.39 is 5.97 Å². The predicted molar refractivity (Wildman–Crippen MR) is 100.0 cm³/mol. The van der Waals surface area contributed by atoms with Gasteiger partial charge in [-0.05, 0) is 37.5 Å². The highest BCUT2D eigenvalue weighted by Crippen LogP contribution is 2.34. The molecule has 2 heterocycles. The number of fused-ring (bicyclic) bond motifs is 3. The van der Waals surface area contributed by atoms with Crippen molar-refractivity contribution in [2.45, 2.75) is 58.8 Å². The van der Waals surface area contributed by atoms with Gasteiger partial charge >= 0.3 is 5.97 Å². The van der Waals surface area contributed by atoms with Gasteiger partial charge in [0.15, 0.2) is 0 Å². The first-order valence-electron chi connectivity index (χ1n) is 8.98. The molecule has 1 aromatic carbocycles. The SMILES string of the molecule is CCCC(C)(CCC)c1nnc2c(=O)[nH]c3cc(C(=O)O)c(C)cc3n12. The van der Waals surface area contributed by atoms with Crippen molar-refractivity contribution in [3.05, 3.63) is 39.4 Å². The Morgan fingerprint density at radius 3 is 2.46 bits per heavy atom. The van der Waals surface area contributed by atoms with E-state index in [-0.39, 0.29) is 22.2 Å². The van der Waals surface area contributed by atoms with Crippen molar-refractivity contribution < 1.29 is 9.90 Å². The number of nitrogens with one attached hydrogen (secondary N) is 1. The monoisotopic (exact) mass is 356 g/mol. The Balaban J connectivity index is 2.42. The standard InChI is InChI=1S/C19H24N4O3/c1-5-7-19(4,8-6-2)18-22-21-15-16(24)20-13-10-12(17(25)26)11(3)9-14(13)23(15)18/h9-10H,5-8H2,1-4H3,(H,20,24)(H,25,26). The van der Waals surface area contributed by atoms with Gasteiger partial charge in [0.25, 0.3) is 5.56 Å². The topological polar surface area (TPSA) is 100 Å². The molecule has 0 radical (unpaired) electrons.